The van der Waals surface area contributed by atoms with Crippen molar-refractivity contribution in [3.05, 3.63) is 44.6 Å². The first kappa shape index (κ1) is 16.0. The molecule has 0 spiro atoms. The molecule has 0 aliphatic carbocycles. The SMILES string of the molecule is CCn1nc(C)c(Cl)c1COc1cc(Br)ccc1C(C)=O. The topological polar surface area (TPSA) is 44.1 Å². The first-order valence-corrected chi connectivity index (χ1v) is 7.76. The molecular weight excluding hydrogens is 356 g/mol. The molecule has 4 nitrogen and oxygen atoms in total. The zero-order chi connectivity index (χ0) is 15.6. The minimum atomic E-state index is -0.0382. The van der Waals surface area contributed by atoms with Gasteiger partial charge in [0.15, 0.2) is 5.78 Å². The quantitative estimate of drug-likeness (QED) is 0.731. The first-order chi connectivity index (χ1) is 9.93. The number of aryl methyl sites for hydroxylation is 2. The van der Waals surface area contributed by atoms with E-state index in [4.69, 9.17) is 16.3 Å². The van der Waals surface area contributed by atoms with Gasteiger partial charge in [-0.2, -0.15) is 5.10 Å². The second kappa shape index (κ2) is 6.62. The molecule has 0 N–H and O–H groups in total. The summed E-state index contributed by atoms with van der Waals surface area (Å²) in [5.41, 5.74) is 2.14. The number of benzene rings is 1. The fourth-order valence-corrected chi connectivity index (χ4v) is 2.59. The van der Waals surface area contributed by atoms with Gasteiger partial charge in [0.1, 0.15) is 12.4 Å². The van der Waals surface area contributed by atoms with E-state index in [9.17, 15) is 4.79 Å². The average Bonchev–Trinajstić information content (AvgIpc) is 2.71. The Bertz CT molecular complexity index is 683. The van der Waals surface area contributed by atoms with Crippen LogP contribution in [-0.4, -0.2) is 15.6 Å². The third-order valence-electron chi connectivity index (χ3n) is 3.14. The number of ketones is 1. The summed E-state index contributed by atoms with van der Waals surface area (Å²) in [6.45, 7) is 6.35. The van der Waals surface area contributed by atoms with Gasteiger partial charge < -0.3 is 4.74 Å². The Morgan fingerprint density at radius 3 is 2.81 bits per heavy atom. The summed E-state index contributed by atoms with van der Waals surface area (Å²) < 4.78 is 8.47. The zero-order valence-electron chi connectivity index (χ0n) is 12.1. The van der Waals surface area contributed by atoms with Crippen molar-refractivity contribution in [1.82, 2.24) is 9.78 Å². The minimum Gasteiger partial charge on any atom is -0.486 e. The number of aromatic nitrogens is 2. The third kappa shape index (κ3) is 3.47. The molecule has 0 saturated heterocycles. The van der Waals surface area contributed by atoms with Crippen molar-refractivity contribution in [3.63, 3.8) is 0 Å². The number of hydrogen-bond acceptors (Lipinski definition) is 3. The van der Waals surface area contributed by atoms with Crippen molar-refractivity contribution in [2.24, 2.45) is 0 Å². The van der Waals surface area contributed by atoms with Crippen LogP contribution in [0.3, 0.4) is 0 Å². The van der Waals surface area contributed by atoms with E-state index in [1.807, 2.05) is 24.6 Å². The molecule has 0 atom stereocenters. The number of Topliss-reactive ketones (excluding diaryl/α,β-unsaturated/α-hetero) is 1. The van der Waals surface area contributed by atoms with E-state index in [0.717, 1.165) is 15.9 Å². The van der Waals surface area contributed by atoms with Crippen molar-refractivity contribution < 1.29 is 9.53 Å². The number of rotatable bonds is 5. The summed E-state index contributed by atoms with van der Waals surface area (Å²) in [6.07, 6.45) is 0. The van der Waals surface area contributed by atoms with Crippen LogP contribution in [-0.2, 0) is 13.2 Å². The summed E-state index contributed by atoms with van der Waals surface area (Å²) in [7, 11) is 0. The van der Waals surface area contributed by atoms with Gasteiger partial charge in [-0.25, -0.2) is 0 Å². The largest absolute Gasteiger partial charge is 0.486 e. The highest BCUT2D eigenvalue weighted by atomic mass is 79.9. The predicted octanol–water partition coefficient (Wildman–Crippen LogP) is 4.41. The Morgan fingerprint density at radius 2 is 2.19 bits per heavy atom. The second-order valence-electron chi connectivity index (χ2n) is 4.65. The van der Waals surface area contributed by atoms with Crippen molar-refractivity contribution in [2.75, 3.05) is 0 Å². The van der Waals surface area contributed by atoms with Gasteiger partial charge in [-0.05, 0) is 39.0 Å². The summed E-state index contributed by atoms with van der Waals surface area (Å²) in [5, 5.41) is 4.95. The van der Waals surface area contributed by atoms with Crippen molar-refractivity contribution in [1.29, 1.82) is 0 Å². The van der Waals surface area contributed by atoms with E-state index in [1.54, 1.807) is 12.1 Å². The first-order valence-electron chi connectivity index (χ1n) is 6.59. The van der Waals surface area contributed by atoms with Crippen LogP contribution in [0.5, 0.6) is 5.75 Å². The van der Waals surface area contributed by atoms with Crippen molar-refractivity contribution >= 4 is 33.3 Å². The van der Waals surface area contributed by atoms with Crippen molar-refractivity contribution in [2.45, 2.75) is 33.9 Å². The molecule has 1 heterocycles. The number of carbonyl (C=O) groups is 1. The van der Waals surface area contributed by atoms with Gasteiger partial charge in [-0.15, -0.1) is 0 Å². The van der Waals surface area contributed by atoms with E-state index < -0.39 is 0 Å². The lowest BCUT2D eigenvalue weighted by Gasteiger charge is -2.11. The van der Waals surface area contributed by atoms with E-state index >= 15 is 0 Å². The maximum Gasteiger partial charge on any atom is 0.163 e. The Balaban J connectivity index is 2.28. The third-order valence-corrected chi connectivity index (χ3v) is 4.13. The summed E-state index contributed by atoms with van der Waals surface area (Å²) >= 11 is 9.64. The van der Waals surface area contributed by atoms with Crippen LogP contribution in [0.25, 0.3) is 0 Å². The fourth-order valence-electron chi connectivity index (χ4n) is 2.06. The lowest BCUT2D eigenvalue weighted by Crippen LogP contribution is -2.08. The molecule has 0 saturated carbocycles. The van der Waals surface area contributed by atoms with Crippen LogP contribution >= 0.6 is 27.5 Å². The molecule has 6 heteroatoms. The molecule has 1 aromatic carbocycles. The maximum absolute atomic E-state index is 11.6. The number of carbonyl (C=O) groups excluding carboxylic acids is 1. The van der Waals surface area contributed by atoms with Crippen LogP contribution in [0, 0.1) is 6.92 Å². The van der Waals surface area contributed by atoms with E-state index in [-0.39, 0.29) is 12.4 Å². The number of halogens is 2. The lowest BCUT2D eigenvalue weighted by atomic mass is 10.1. The monoisotopic (exact) mass is 370 g/mol. The van der Waals surface area contributed by atoms with Gasteiger partial charge in [-0.1, -0.05) is 27.5 Å². The normalized spacial score (nSPS) is 10.7. The van der Waals surface area contributed by atoms with Gasteiger partial charge in [0, 0.05) is 11.0 Å². The molecular formula is C15H16BrClN2O2. The van der Waals surface area contributed by atoms with Crippen molar-refractivity contribution in [3.8, 4) is 5.75 Å². The molecule has 0 amide bonds. The molecule has 0 bridgehead atoms. The Hall–Kier alpha value is -1.33. The smallest absolute Gasteiger partial charge is 0.163 e. The molecule has 0 aliphatic heterocycles. The predicted molar refractivity (Wildman–Crippen MR) is 86.1 cm³/mol. The Labute approximate surface area is 137 Å². The van der Waals surface area contributed by atoms with Crippen LogP contribution in [0.4, 0.5) is 0 Å². The van der Waals surface area contributed by atoms with Crippen LogP contribution in [0.15, 0.2) is 22.7 Å². The molecule has 1 aromatic heterocycles. The molecule has 112 valence electrons. The van der Waals surface area contributed by atoms with Gasteiger partial charge >= 0.3 is 0 Å². The highest BCUT2D eigenvalue weighted by Crippen LogP contribution is 2.27. The summed E-state index contributed by atoms with van der Waals surface area (Å²) in [6, 6.07) is 5.34. The zero-order valence-corrected chi connectivity index (χ0v) is 14.5. The van der Waals surface area contributed by atoms with Gasteiger partial charge in [0.2, 0.25) is 0 Å². The van der Waals surface area contributed by atoms with Gasteiger partial charge in [-0.3, -0.25) is 9.48 Å². The van der Waals surface area contributed by atoms with Crippen LogP contribution < -0.4 is 4.74 Å². The minimum absolute atomic E-state index is 0.0382. The van der Waals surface area contributed by atoms with Gasteiger partial charge in [0.25, 0.3) is 0 Å². The Kier molecular flexibility index (Phi) is 5.06. The average molecular weight is 372 g/mol. The van der Waals surface area contributed by atoms with E-state index in [0.29, 0.717) is 22.9 Å². The highest BCUT2D eigenvalue weighted by Gasteiger charge is 2.15. The van der Waals surface area contributed by atoms with Gasteiger partial charge in [0.05, 0.1) is 22.0 Å². The maximum atomic E-state index is 11.6. The number of ether oxygens (including phenoxy) is 1. The van der Waals surface area contributed by atoms with E-state index in [1.165, 1.54) is 6.92 Å². The molecule has 0 aliphatic rings. The van der Waals surface area contributed by atoms with Crippen LogP contribution in [0.2, 0.25) is 5.02 Å². The standard InChI is InChI=1S/C15H16BrClN2O2/c1-4-19-13(15(17)9(2)18-19)8-21-14-7-11(16)5-6-12(14)10(3)20/h5-7H,4,8H2,1-3H3. The molecule has 2 rings (SSSR count). The lowest BCUT2D eigenvalue weighted by molar-refractivity contribution is 0.101. The molecule has 2 aromatic rings. The molecule has 0 radical (unpaired) electrons. The molecule has 0 unspecified atom stereocenters. The Morgan fingerprint density at radius 1 is 1.48 bits per heavy atom. The number of nitrogens with zero attached hydrogens (tertiary/aromatic N) is 2. The summed E-state index contributed by atoms with van der Waals surface area (Å²) in [4.78, 5) is 11.6. The number of hydrogen-bond donors (Lipinski definition) is 0. The van der Waals surface area contributed by atoms with E-state index in [2.05, 4.69) is 21.0 Å². The van der Waals surface area contributed by atoms with Crippen LogP contribution in [0.1, 0.15) is 35.6 Å². The second-order valence-corrected chi connectivity index (χ2v) is 5.94. The fraction of sp³-hybridized carbons (Fsp3) is 0.333. The molecule has 21 heavy (non-hydrogen) atoms. The molecule has 0 fully saturated rings. The highest BCUT2D eigenvalue weighted by molar-refractivity contribution is 9.10. The summed E-state index contributed by atoms with van der Waals surface area (Å²) in [5.74, 6) is 0.498.